The highest BCUT2D eigenvalue weighted by Crippen LogP contribution is 2.21. The highest BCUT2D eigenvalue weighted by atomic mass is 19.3. The van der Waals surface area contributed by atoms with Crippen molar-refractivity contribution in [3.05, 3.63) is 54.1 Å². The zero-order chi connectivity index (χ0) is 17.4. The molecule has 24 heavy (non-hydrogen) atoms. The first-order chi connectivity index (χ1) is 11.6. The first-order valence-corrected chi connectivity index (χ1v) is 7.43. The third-order valence-corrected chi connectivity index (χ3v) is 3.25. The van der Waals surface area contributed by atoms with Crippen molar-refractivity contribution >= 4 is 6.03 Å². The fourth-order valence-electron chi connectivity index (χ4n) is 2.09. The number of alkyl halides is 2. The highest BCUT2D eigenvalue weighted by molar-refractivity contribution is 5.74. The summed E-state index contributed by atoms with van der Waals surface area (Å²) in [6, 6.07) is 7.27. The second kappa shape index (κ2) is 8.76. The quantitative estimate of drug-likeness (QED) is 0.815. The van der Waals surface area contributed by atoms with Gasteiger partial charge >= 0.3 is 12.6 Å². The molecule has 1 heterocycles. The molecule has 128 valence electrons. The summed E-state index contributed by atoms with van der Waals surface area (Å²) in [6.45, 7) is -0.735. The fraction of sp³-hybridized carbons (Fsp3) is 0.312. The van der Waals surface area contributed by atoms with E-state index in [1.807, 2.05) is 6.92 Å². The Morgan fingerprint density at radius 3 is 2.46 bits per heavy atom. The molecule has 2 aromatic rings. The number of halogens is 2. The number of nitrogens with one attached hydrogen (secondary N) is 2. The number of carbonyl (C=O) groups is 1. The number of amides is 2. The molecule has 0 spiro atoms. The number of hydrogen-bond acceptors (Lipinski definition) is 4. The fourth-order valence-corrected chi connectivity index (χ4v) is 2.09. The van der Waals surface area contributed by atoms with Gasteiger partial charge in [0.05, 0.1) is 12.6 Å². The summed E-state index contributed by atoms with van der Waals surface area (Å²) in [5.74, 6) is 0.587. The maximum absolute atomic E-state index is 12.1. The summed E-state index contributed by atoms with van der Waals surface area (Å²) in [6.07, 6.45) is 3.84. The van der Waals surface area contributed by atoms with Crippen LogP contribution >= 0.6 is 0 Å². The van der Waals surface area contributed by atoms with Gasteiger partial charge in [-0.3, -0.25) is 0 Å². The molecular formula is C16H18F2N4O2. The van der Waals surface area contributed by atoms with Gasteiger partial charge in [-0.1, -0.05) is 19.1 Å². The van der Waals surface area contributed by atoms with Crippen LogP contribution in [0.4, 0.5) is 13.6 Å². The number of urea groups is 1. The lowest BCUT2D eigenvalue weighted by Crippen LogP contribution is -2.37. The Morgan fingerprint density at radius 1 is 1.21 bits per heavy atom. The van der Waals surface area contributed by atoms with Gasteiger partial charge in [-0.2, -0.15) is 8.78 Å². The van der Waals surface area contributed by atoms with Crippen LogP contribution in [0.15, 0.2) is 42.7 Å². The van der Waals surface area contributed by atoms with Crippen molar-refractivity contribution in [2.24, 2.45) is 0 Å². The molecule has 0 bridgehead atoms. The molecule has 0 saturated carbocycles. The third-order valence-electron chi connectivity index (χ3n) is 3.25. The van der Waals surface area contributed by atoms with Crippen LogP contribution in [-0.2, 0) is 6.54 Å². The van der Waals surface area contributed by atoms with Crippen molar-refractivity contribution < 1.29 is 18.3 Å². The minimum Gasteiger partial charge on any atom is -0.435 e. The zero-order valence-electron chi connectivity index (χ0n) is 13.1. The van der Waals surface area contributed by atoms with Gasteiger partial charge in [0.1, 0.15) is 11.6 Å². The summed E-state index contributed by atoms with van der Waals surface area (Å²) in [5, 5.41) is 5.49. The minimum atomic E-state index is -2.86. The van der Waals surface area contributed by atoms with Gasteiger partial charge in [0.2, 0.25) is 0 Å². The van der Waals surface area contributed by atoms with E-state index in [0.717, 1.165) is 5.56 Å². The molecule has 2 N–H and O–H groups in total. The van der Waals surface area contributed by atoms with E-state index < -0.39 is 6.61 Å². The summed E-state index contributed by atoms with van der Waals surface area (Å²) in [7, 11) is 0. The summed E-state index contributed by atoms with van der Waals surface area (Å²) in [4.78, 5) is 20.0. The van der Waals surface area contributed by atoms with Crippen molar-refractivity contribution in [2.75, 3.05) is 0 Å². The van der Waals surface area contributed by atoms with Crippen LogP contribution in [0.1, 0.15) is 30.8 Å². The van der Waals surface area contributed by atoms with Gasteiger partial charge in [-0.15, -0.1) is 0 Å². The number of carbonyl (C=O) groups excluding carboxylic acids is 1. The van der Waals surface area contributed by atoms with Gasteiger partial charge in [0.15, 0.2) is 0 Å². The van der Waals surface area contributed by atoms with Crippen LogP contribution in [0.5, 0.6) is 5.75 Å². The summed E-state index contributed by atoms with van der Waals surface area (Å²) < 4.78 is 28.6. The van der Waals surface area contributed by atoms with Crippen LogP contribution in [0.3, 0.4) is 0 Å². The zero-order valence-corrected chi connectivity index (χ0v) is 13.1. The van der Waals surface area contributed by atoms with Gasteiger partial charge in [-0.25, -0.2) is 14.8 Å². The molecule has 0 aliphatic carbocycles. The monoisotopic (exact) mass is 336 g/mol. The Bertz CT molecular complexity index is 638. The Kier molecular flexibility index (Phi) is 6.41. The number of hydrogen-bond donors (Lipinski definition) is 2. The first-order valence-electron chi connectivity index (χ1n) is 7.43. The maximum atomic E-state index is 12.1. The first kappa shape index (κ1) is 17.6. The Labute approximate surface area is 138 Å². The van der Waals surface area contributed by atoms with E-state index in [1.54, 1.807) is 30.6 Å². The van der Waals surface area contributed by atoms with Gasteiger partial charge in [0, 0.05) is 12.4 Å². The molecule has 1 aromatic heterocycles. The van der Waals surface area contributed by atoms with E-state index >= 15 is 0 Å². The van der Waals surface area contributed by atoms with E-state index in [0.29, 0.717) is 12.2 Å². The second-order valence-corrected chi connectivity index (χ2v) is 4.90. The van der Waals surface area contributed by atoms with Crippen molar-refractivity contribution in [1.29, 1.82) is 0 Å². The van der Waals surface area contributed by atoms with E-state index in [4.69, 9.17) is 0 Å². The molecule has 0 unspecified atom stereocenters. The number of aromatic nitrogens is 2. The molecule has 0 radical (unpaired) electrons. The lowest BCUT2D eigenvalue weighted by atomic mass is 10.0. The molecule has 0 aliphatic heterocycles. The third kappa shape index (κ3) is 5.45. The van der Waals surface area contributed by atoms with E-state index in [-0.39, 0.29) is 24.4 Å². The predicted molar refractivity (Wildman–Crippen MR) is 83.5 cm³/mol. The van der Waals surface area contributed by atoms with Crippen LogP contribution in [-0.4, -0.2) is 22.6 Å². The maximum Gasteiger partial charge on any atom is 0.387 e. The molecule has 0 aliphatic rings. The SMILES string of the molecule is CC[C@H](NC(=O)NCc1ncccn1)c1ccc(OC(F)F)cc1. The molecule has 0 saturated heterocycles. The van der Waals surface area contributed by atoms with Crippen molar-refractivity contribution in [3.8, 4) is 5.75 Å². The second-order valence-electron chi connectivity index (χ2n) is 4.90. The van der Waals surface area contributed by atoms with Crippen LogP contribution in [0.2, 0.25) is 0 Å². The number of ether oxygens (including phenoxy) is 1. The summed E-state index contributed by atoms with van der Waals surface area (Å²) >= 11 is 0. The van der Waals surface area contributed by atoms with E-state index in [9.17, 15) is 13.6 Å². The van der Waals surface area contributed by atoms with Gasteiger partial charge in [-0.05, 0) is 30.2 Å². The number of benzene rings is 1. The van der Waals surface area contributed by atoms with Gasteiger partial charge in [0.25, 0.3) is 0 Å². The lowest BCUT2D eigenvalue weighted by Gasteiger charge is -2.18. The number of rotatable bonds is 7. The van der Waals surface area contributed by atoms with Crippen LogP contribution in [0.25, 0.3) is 0 Å². The van der Waals surface area contributed by atoms with Crippen molar-refractivity contribution in [3.63, 3.8) is 0 Å². The molecule has 8 heteroatoms. The van der Waals surface area contributed by atoms with E-state index in [1.165, 1.54) is 12.1 Å². The lowest BCUT2D eigenvalue weighted by molar-refractivity contribution is -0.0498. The standard InChI is InChI=1S/C16H18F2N4O2/c1-2-13(11-4-6-12(7-5-11)24-15(17)18)22-16(23)21-10-14-19-8-3-9-20-14/h3-9,13,15H,2,10H2,1H3,(H2,21,22,23)/t13-/m0/s1. The molecule has 2 amide bonds. The van der Waals surface area contributed by atoms with Gasteiger partial charge < -0.3 is 15.4 Å². The molecule has 1 atom stereocenters. The topological polar surface area (TPSA) is 76.1 Å². The predicted octanol–water partition coefficient (Wildman–Crippen LogP) is 3.03. The Morgan fingerprint density at radius 2 is 1.88 bits per heavy atom. The van der Waals surface area contributed by atoms with E-state index in [2.05, 4.69) is 25.3 Å². The Hall–Kier alpha value is -2.77. The highest BCUT2D eigenvalue weighted by Gasteiger charge is 2.13. The molecular weight excluding hydrogens is 318 g/mol. The van der Waals surface area contributed by atoms with Crippen molar-refractivity contribution in [1.82, 2.24) is 20.6 Å². The molecule has 2 rings (SSSR count). The van der Waals surface area contributed by atoms with Crippen LogP contribution in [0, 0.1) is 0 Å². The molecule has 0 fully saturated rings. The Balaban J connectivity index is 1.89. The average molecular weight is 336 g/mol. The van der Waals surface area contributed by atoms with Crippen molar-refractivity contribution in [2.45, 2.75) is 32.5 Å². The largest absolute Gasteiger partial charge is 0.435 e. The smallest absolute Gasteiger partial charge is 0.387 e. The average Bonchev–Trinajstić information content (AvgIpc) is 2.59. The number of nitrogens with zero attached hydrogens (tertiary/aromatic N) is 2. The molecule has 6 nitrogen and oxygen atoms in total. The van der Waals surface area contributed by atoms with Crippen LogP contribution < -0.4 is 15.4 Å². The normalized spacial score (nSPS) is 11.8. The minimum absolute atomic E-state index is 0.0780. The molecule has 1 aromatic carbocycles. The summed E-state index contributed by atoms with van der Waals surface area (Å²) in [5.41, 5.74) is 0.797.